The van der Waals surface area contributed by atoms with Gasteiger partial charge in [0.1, 0.15) is 12.4 Å². The molecule has 0 aliphatic carbocycles. The molecule has 0 radical (unpaired) electrons. The number of nitro benzene ring substituents is 1. The number of carboxylic acids is 1. The second kappa shape index (κ2) is 5.70. The monoisotopic (exact) mass is 293 g/mol. The molecule has 104 valence electrons. The molecule has 1 N–H and O–H groups in total. The quantitative estimate of drug-likeness (QED) is 0.675. The first kappa shape index (κ1) is 14.0. The lowest BCUT2D eigenvalue weighted by atomic mass is 10.1. The van der Waals surface area contributed by atoms with Crippen LogP contribution in [0, 0.1) is 17.0 Å². The highest BCUT2D eigenvalue weighted by Crippen LogP contribution is 2.27. The molecule has 0 unspecified atom stereocenters. The molecule has 0 saturated carbocycles. The third-order valence-electron chi connectivity index (χ3n) is 2.82. The molecule has 7 heteroatoms. The van der Waals surface area contributed by atoms with Crippen molar-refractivity contribution in [3.8, 4) is 5.75 Å². The van der Waals surface area contributed by atoms with Gasteiger partial charge in [0.15, 0.2) is 4.88 Å². The Balaban J connectivity index is 2.19. The van der Waals surface area contributed by atoms with Crippen LogP contribution in [0.25, 0.3) is 0 Å². The Bertz CT molecular complexity index is 665. The van der Waals surface area contributed by atoms with E-state index >= 15 is 0 Å². The summed E-state index contributed by atoms with van der Waals surface area (Å²) in [5.41, 5.74) is 1.20. The highest BCUT2D eigenvalue weighted by molar-refractivity contribution is 7.12. The average Bonchev–Trinajstić information content (AvgIpc) is 2.85. The lowest BCUT2D eigenvalue weighted by Crippen LogP contribution is -2.03. The molecule has 1 aromatic carbocycles. The first-order valence-corrected chi connectivity index (χ1v) is 6.55. The van der Waals surface area contributed by atoms with Gasteiger partial charge in [0.05, 0.1) is 4.92 Å². The van der Waals surface area contributed by atoms with Crippen LogP contribution in [0.5, 0.6) is 5.75 Å². The maximum Gasteiger partial charge on any atom is 0.349 e. The van der Waals surface area contributed by atoms with Crippen molar-refractivity contribution in [2.45, 2.75) is 13.5 Å². The standard InChI is InChI=1S/C13H11NO5S/c1-8-9(3-2-4-10(8)14(17)18)7-19-11-5-6-20-12(11)13(15)16/h2-6H,7H2,1H3,(H,15,16). The van der Waals surface area contributed by atoms with Crippen LogP contribution >= 0.6 is 11.3 Å². The van der Waals surface area contributed by atoms with E-state index in [1.807, 2.05) is 0 Å². The largest absolute Gasteiger partial charge is 0.487 e. The maximum absolute atomic E-state index is 10.9. The average molecular weight is 293 g/mol. The zero-order valence-electron chi connectivity index (χ0n) is 10.5. The Hall–Kier alpha value is -2.41. The predicted molar refractivity (Wildman–Crippen MR) is 73.4 cm³/mol. The fraction of sp³-hybridized carbons (Fsp3) is 0.154. The zero-order valence-corrected chi connectivity index (χ0v) is 11.3. The van der Waals surface area contributed by atoms with Gasteiger partial charge in [-0.2, -0.15) is 0 Å². The van der Waals surface area contributed by atoms with Crippen molar-refractivity contribution in [2.75, 3.05) is 0 Å². The number of hydrogen-bond acceptors (Lipinski definition) is 5. The lowest BCUT2D eigenvalue weighted by Gasteiger charge is -2.08. The van der Waals surface area contributed by atoms with Crippen LogP contribution in [0.15, 0.2) is 29.6 Å². The topological polar surface area (TPSA) is 89.7 Å². The summed E-state index contributed by atoms with van der Waals surface area (Å²) < 4.78 is 5.45. The number of carbonyl (C=O) groups is 1. The molecular weight excluding hydrogens is 282 g/mol. The Kier molecular flexibility index (Phi) is 3.99. The number of carboxylic acid groups (broad SMARTS) is 1. The molecule has 0 saturated heterocycles. The summed E-state index contributed by atoms with van der Waals surface area (Å²) in [4.78, 5) is 21.5. The van der Waals surface area contributed by atoms with Gasteiger partial charge in [0.25, 0.3) is 5.69 Å². The van der Waals surface area contributed by atoms with Crippen molar-refractivity contribution in [3.63, 3.8) is 0 Å². The molecule has 2 rings (SSSR count). The number of aromatic carboxylic acids is 1. The van der Waals surface area contributed by atoms with E-state index in [0.29, 0.717) is 11.1 Å². The highest BCUT2D eigenvalue weighted by atomic mass is 32.1. The first-order valence-electron chi connectivity index (χ1n) is 5.67. The van der Waals surface area contributed by atoms with E-state index < -0.39 is 10.9 Å². The van der Waals surface area contributed by atoms with Crippen LogP contribution in [-0.2, 0) is 6.61 Å². The molecule has 1 heterocycles. The zero-order chi connectivity index (χ0) is 14.7. The molecule has 0 amide bonds. The van der Waals surface area contributed by atoms with E-state index in [4.69, 9.17) is 9.84 Å². The van der Waals surface area contributed by atoms with Gasteiger partial charge < -0.3 is 9.84 Å². The summed E-state index contributed by atoms with van der Waals surface area (Å²) in [7, 11) is 0. The van der Waals surface area contributed by atoms with Crippen molar-refractivity contribution in [1.29, 1.82) is 0 Å². The Morgan fingerprint density at radius 2 is 2.20 bits per heavy atom. The number of benzene rings is 1. The second-order valence-electron chi connectivity index (χ2n) is 4.03. The molecule has 20 heavy (non-hydrogen) atoms. The van der Waals surface area contributed by atoms with Crippen LogP contribution in [-0.4, -0.2) is 16.0 Å². The molecule has 6 nitrogen and oxygen atoms in total. The van der Waals surface area contributed by atoms with Gasteiger partial charge in [-0.1, -0.05) is 12.1 Å². The van der Waals surface area contributed by atoms with Crippen LogP contribution in [0.4, 0.5) is 5.69 Å². The minimum absolute atomic E-state index is 0.0230. The Morgan fingerprint density at radius 1 is 1.45 bits per heavy atom. The summed E-state index contributed by atoms with van der Waals surface area (Å²) in [5, 5.41) is 21.4. The third-order valence-corrected chi connectivity index (χ3v) is 3.70. The number of nitrogens with zero attached hydrogens (tertiary/aromatic N) is 1. The third kappa shape index (κ3) is 2.77. The maximum atomic E-state index is 10.9. The normalized spacial score (nSPS) is 10.2. The van der Waals surface area contributed by atoms with Gasteiger partial charge in [-0.15, -0.1) is 11.3 Å². The summed E-state index contributed by atoms with van der Waals surface area (Å²) in [6.07, 6.45) is 0. The molecule has 0 aliphatic rings. The van der Waals surface area contributed by atoms with Crippen molar-refractivity contribution >= 4 is 23.0 Å². The summed E-state index contributed by atoms with van der Waals surface area (Å²) in [5.74, 6) is -0.779. The number of nitro groups is 1. The van der Waals surface area contributed by atoms with Crippen molar-refractivity contribution in [1.82, 2.24) is 0 Å². The van der Waals surface area contributed by atoms with E-state index in [-0.39, 0.29) is 22.9 Å². The van der Waals surface area contributed by atoms with Gasteiger partial charge in [-0.05, 0) is 23.9 Å². The van der Waals surface area contributed by atoms with Crippen molar-refractivity contribution < 1.29 is 19.6 Å². The molecule has 0 fully saturated rings. The lowest BCUT2D eigenvalue weighted by molar-refractivity contribution is -0.385. The Labute approximate surface area is 118 Å². The summed E-state index contributed by atoms with van der Waals surface area (Å²) in [6, 6.07) is 6.29. The Morgan fingerprint density at radius 3 is 2.85 bits per heavy atom. The molecule has 0 spiro atoms. The van der Waals surface area contributed by atoms with Gasteiger partial charge in [0, 0.05) is 11.6 Å². The molecule has 1 aromatic heterocycles. The summed E-state index contributed by atoms with van der Waals surface area (Å²) in [6.45, 7) is 1.73. The predicted octanol–water partition coefficient (Wildman–Crippen LogP) is 3.24. The minimum atomic E-state index is -1.05. The smallest absolute Gasteiger partial charge is 0.349 e. The summed E-state index contributed by atoms with van der Waals surface area (Å²) >= 11 is 1.07. The van der Waals surface area contributed by atoms with Crippen LogP contribution in [0.2, 0.25) is 0 Å². The van der Waals surface area contributed by atoms with E-state index in [1.54, 1.807) is 30.5 Å². The fourth-order valence-electron chi connectivity index (χ4n) is 1.75. The van der Waals surface area contributed by atoms with Crippen molar-refractivity contribution in [3.05, 3.63) is 55.8 Å². The number of thiophene rings is 1. The minimum Gasteiger partial charge on any atom is -0.487 e. The number of hydrogen-bond donors (Lipinski definition) is 1. The van der Waals surface area contributed by atoms with Crippen LogP contribution < -0.4 is 4.74 Å². The molecule has 0 bridgehead atoms. The van der Waals surface area contributed by atoms with E-state index in [0.717, 1.165) is 11.3 Å². The van der Waals surface area contributed by atoms with Gasteiger partial charge in [-0.25, -0.2) is 4.79 Å². The van der Waals surface area contributed by atoms with E-state index in [9.17, 15) is 14.9 Å². The van der Waals surface area contributed by atoms with E-state index in [2.05, 4.69) is 0 Å². The van der Waals surface area contributed by atoms with Crippen LogP contribution in [0.3, 0.4) is 0 Å². The number of ether oxygens (including phenoxy) is 1. The van der Waals surface area contributed by atoms with Gasteiger partial charge in [-0.3, -0.25) is 10.1 Å². The molecule has 0 atom stereocenters. The van der Waals surface area contributed by atoms with Crippen LogP contribution in [0.1, 0.15) is 20.8 Å². The molecule has 0 aliphatic heterocycles. The SMILES string of the molecule is Cc1c(COc2ccsc2C(=O)O)cccc1[N+](=O)[O-]. The van der Waals surface area contributed by atoms with Gasteiger partial charge in [0.2, 0.25) is 0 Å². The molecule has 2 aromatic rings. The van der Waals surface area contributed by atoms with Gasteiger partial charge >= 0.3 is 5.97 Å². The highest BCUT2D eigenvalue weighted by Gasteiger charge is 2.16. The fourth-order valence-corrected chi connectivity index (χ4v) is 2.42. The second-order valence-corrected chi connectivity index (χ2v) is 4.94. The van der Waals surface area contributed by atoms with Crippen molar-refractivity contribution in [2.24, 2.45) is 0 Å². The first-order chi connectivity index (χ1) is 9.50. The van der Waals surface area contributed by atoms with E-state index in [1.165, 1.54) is 6.07 Å². The number of rotatable bonds is 5. The molecular formula is C13H11NO5S.